The van der Waals surface area contributed by atoms with E-state index in [4.69, 9.17) is 5.10 Å². The molecule has 1 atom stereocenters. The zero-order chi connectivity index (χ0) is 19.9. The van der Waals surface area contributed by atoms with Crippen LogP contribution in [0, 0.1) is 5.92 Å². The average Bonchev–Trinajstić information content (AvgIpc) is 3.08. The van der Waals surface area contributed by atoms with E-state index >= 15 is 0 Å². The molecular formula is C24H38N4. The van der Waals surface area contributed by atoms with Crippen LogP contribution in [0.3, 0.4) is 0 Å². The van der Waals surface area contributed by atoms with E-state index in [1.54, 1.807) is 0 Å². The summed E-state index contributed by atoms with van der Waals surface area (Å²) in [7, 11) is 6.40. The molecule has 4 nitrogen and oxygen atoms in total. The Labute approximate surface area is 171 Å². The van der Waals surface area contributed by atoms with Crippen LogP contribution in [-0.2, 0) is 13.6 Å². The normalized spacial score (nSPS) is 21.2. The summed E-state index contributed by atoms with van der Waals surface area (Å²) in [4.78, 5) is 2.43. The molecule has 4 heteroatoms. The minimum Gasteiger partial charge on any atom is -0.319 e. The molecule has 0 saturated heterocycles. The molecule has 1 aromatic carbocycles. The fourth-order valence-corrected chi connectivity index (χ4v) is 4.55. The number of benzene rings is 1. The molecule has 1 aliphatic rings. The largest absolute Gasteiger partial charge is 0.319 e. The average molecular weight is 383 g/mol. The minimum absolute atomic E-state index is 0.596. The Bertz CT molecular complexity index is 701. The molecule has 1 aromatic heterocycles. The molecule has 28 heavy (non-hydrogen) atoms. The van der Waals surface area contributed by atoms with E-state index in [0.717, 1.165) is 25.6 Å². The van der Waals surface area contributed by atoms with Gasteiger partial charge in [-0.3, -0.25) is 4.68 Å². The van der Waals surface area contributed by atoms with E-state index in [1.165, 1.54) is 49.1 Å². The van der Waals surface area contributed by atoms with Crippen LogP contribution in [0.4, 0.5) is 0 Å². The monoisotopic (exact) mass is 382 g/mol. The summed E-state index contributed by atoms with van der Waals surface area (Å²) < 4.78 is 2.10. The lowest BCUT2D eigenvalue weighted by molar-refractivity contribution is 0.305. The summed E-state index contributed by atoms with van der Waals surface area (Å²) in [6, 6.07) is 13.2. The summed E-state index contributed by atoms with van der Waals surface area (Å²) in [5, 5.41) is 8.21. The topological polar surface area (TPSA) is 33.1 Å². The molecular weight excluding hydrogens is 344 g/mol. The van der Waals surface area contributed by atoms with Gasteiger partial charge in [-0.1, -0.05) is 37.3 Å². The van der Waals surface area contributed by atoms with E-state index in [2.05, 4.69) is 79.4 Å². The minimum atomic E-state index is 0.596. The van der Waals surface area contributed by atoms with Gasteiger partial charge in [-0.15, -0.1) is 0 Å². The van der Waals surface area contributed by atoms with Crippen LogP contribution in [0.15, 0.2) is 36.4 Å². The molecule has 1 N–H and O–H groups in total. The first-order valence-electron chi connectivity index (χ1n) is 11.0. The number of nitrogens with one attached hydrogen (secondary N) is 1. The predicted molar refractivity (Wildman–Crippen MR) is 118 cm³/mol. The van der Waals surface area contributed by atoms with Crippen molar-refractivity contribution in [2.75, 3.05) is 27.2 Å². The first kappa shape index (κ1) is 21.1. The zero-order valence-corrected chi connectivity index (χ0v) is 18.2. The van der Waals surface area contributed by atoms with Crippen molar-refractivity contribution < 1.29 is 0 Å². The molecule has 0 aliphatic heterocycles. The van der Waals surface area contributed by atoms with Crippen LogP contribution in [-0.4, -0.2) is 41.9 Å². The molecule has 1 heterocycles. The number of hydrogen-bond donors (Lipinski definition) is 1. The standard InChI is InChI=1S/C24H38N4/c1-19(21-8-6-5-7-9-21)14-15-27(3)18-23-16-24(26-28(23)4)22-12-10-20(11-13-22)17-25-2/h5-9,16,19-20,22,25H,10-15,17-18H2,1-4H3/t19-,20?,22?/m1/s1. The highest BCUT2D eigenvalue weighted by Crippen LogP contribution is 2.35. The Kier molecular flexibility index (Phi) is 7.69. The molecule has 0 spiro atoms. The predicted octanol–water partition coefficient (Wildman–Crippen LogP) is 4.54. The van der Waals surface area contributed by atoms with Gasteiger partial charge in [0.25, 0.3) is 0 Å². The van der Waals surface area contributed by atoms with Gasteiger partial charge in [-0.05, 0) is 82.8 Å². The number of aryl methyl sites for hydroxylation is 1. The number of aromatic nitrogens is 2. The fraction of sp³-hybridized carbons (Fsp3) is 0.625. The van der Waals surface area contributed by atoms with Crippen molar-refractivity contribution in [1.29, 1.82) is 0 Å². The molecule has 1 saturated carbocycles. The molecule has 0 unspecified atom stereocenters. The van der Waals surface area contributed by atoms with Gasteiger partial charge in [0, 0.05) is 19.5 Å². The van der Waals surface area contributed by atoms with Crippen molar-refractivity contribution in [2.45, 2.75) is 57.4 Å². The van der Waals surface area contributed by atoms with Crippen LogP contribution in [0.5, 0.6) is 0 Å². The highest BCUT2D eigenvalue weighted by molar-refractivity contribution is 5.19. The molecule has 0 bridgehead atoms. The van der Waals surface area contributed by atoms with Crippen molar-refractivity contribution in [2.24, 2.45) is 13.0 Å². The third-order valence-corrected chi connectivity index (χ3v) is 6.50. The molecule has 154 valence electrons. The smallest absolute Gasteiger partial charge is 0.0658 e. The van der Waals surface area contributed by atoms with E-state index < -0.39 is 0 Å². The zero-order valence-electron chi connectivity index (χ0n) is 18.2. The van der Waals surface area contributed by atoms with Crippen LogP contribution >= 0.6 is 0 Å². The van der Waals surface area contributed by atoms with Gasteiger partial charge >= 0.3 is 0 Å². The van der Waals surface area contributed by atoms with Gasteiger partial charge in [0.05, 0.1) is 11.4 Å². The summed E-state index contributed by atoms with van der Waals surface area (Å²) in [5.74, 6) is 2.09. The highest BCUT2D eigenvalue weighted by Gasteiger charge is 2.24. The van der Waals surface area contributed by atoms with E-state index in [9.17, 15) is 0 Å². The number of rotatable bonds is 9. The third-order valence-electron chi connectivity index (χ3n) is 6.50. The Morgan fingerprint density at radius 3 is 2.57 bits per heavy atom. The maximum atomic E-state index is 4.88. The second-order valence-electron chi connectivity index (χ2n) is 8.80. The van der Waals surface area contributed by atoms with Gasteiger partial charge in [-0.2, -0.15) is 5.10 Å². The van der Waals surface area contributed by atoms with E-state index in [0.29, 0.717) is 11.8 Å². The fourth-order valence-electron chi connectivity index (χ4n) is 4.55. The van der Waals surface area contributed by atoms with E-state index in [1.807, 2.05) is 0 Å². The Morgan fingerprint density at radius 2 is 1.89 bits per heavy atom. The van der Waals surface area contributed by atoms with Crippen molar-refractivity contribution in [3.63, 3.8) is 0 Å². The molecule has 0 radical (unpaired) electrons. The van der Waals surface area contributed by atoms with Crippen LogP contribution in [0.25, 0.3) is 0 Å². The van der Waals surface area contributed by atoms with Gasteiger partial charge < -0.3 is 10.2 Å². The van der Waals surface area contributed by atoms with Crippen molar-refractivity contribution in [1.82, 2.24) is 20.0 Å². The lowest BCUT2D eigenvalue weighted by atomic mass is 9.80. The number of hydrogen-bond acceptors (Lipinski definition) is 3. The SMILES string of the molecule is CNCC1CCC(c2cc(CN(C)CC[C@@H](C)c3ccccc3)n(C)n2)CC1. The Hall–Kier alpha value is -1.65. The molecule has 1 aliphatic carbocycles. The molecule has 3 rings (SSSR count). The highest BCUT2D eigenvalue weighted by atomic mass is 15.3. The summed E-state index contributed by atoms with van der Waals surface area (Å²) in [6.07, 6.45) is 6.41. The van der Waals surface area contributed by atoms with Crippen molar-refractivity contribution in [3.05, 3.63) is 53.3 Å². The summed E-state index contributed by atoms with van der Waals surface area (Å²) >= 11 is 0. The van der Waals surface area contributed by atoms with Gasteiger partial charge in [0.1, 0.15) is 0 Å². The van der Waals surface area contributed by atoms with Gasteiger partial charge in [0.15, 0.2) is 0 Å². The number of nitrogens with zero attached hydrogens (tertiary/aromatic N) is 3. The van der Waals surface area contributed by atoms with Crippen molar-refractivity contribution in [3.8, 4) is 0 Å². The maximum Gasteiger partial charge on any atom is 0.0658 e. The van der Waals surface area contributed by atoms with Gasteiger partial charge in [-0.25, -0.2) is 0 Å². The maximum absolute atomic E-state index is 4.88. The second kappa shape index (κ2) is 10.2. The van der Waals surface area contributed by atoms with E-state index in [-0.39, 0.29) is 0 Å². The lowest BCUT2D eigenvalue weighted by Crippen LogP contribution is -2.23. The van der Waals surface area contributed by atoms with Crippen LogP contribution < -0.4 is 5.32 Å². The first-order chi connectivity index (χ1) is 13.6. The summed E-state index contributed by atoms with van der Waals surface area (Å²) in [6.45, 7) is 5.56. The quantitative estimate of drug-likeness (QED) is 0.691. The van der Waals surface area contributed by atoms with Crippen LogP contribution in [0.1, 0.15) is 67.8 Å². The summed E-state index contributed by atoms with van der Waals surface area (Å²) in [5.41, 5.74) is 4.08. The second-order valence-corrected chi connectivity index (χ2v) is 8.80. The van der Waals surface area contributed by atoms with Crippen LogP contribution in [0.2, 0.25) is 0 Å². The Morgan fingerprint density at radius 1 is 1.18 bits per heavy atom. The van der Waals surface area contributed by atoms with Crippen molar-refractivity contribution >= 4 is 0 Å². The lowest BCUT2D eigenvalue weighted by Gasteiger charge is -2.27. The van der Waals surface area contributed by atoms with Gasteiger partial charge in [0.2, 0.25) is 0 Å². The first-order valence-corrected chi connectivity index (χ1v) is 11.0. The molecule has 1 fully saturated rings. The molecule has 2 aromatic rings. The third kappa shape index (κ3) is 5.68. The Balaban J connectivity index is 1.49. The molecule has 0 amide bonds.